The summed E-state index contributed by atoms with van der Waals surface area (Å²) in [6.45, 7) is 2.29. The van der Waals surface area contributed by atoms with Crippen LogP contribution in [0, 0.1) is 0 Å². The smallest absolute Gasteiger partial charge is 0.00731 e. The number of fused-ring (bicyclic) bond motifs is 7. The molecule has 0 aliphatic rings. The van der Waals surface area contributed by atoms with Crippen LogP contribution in [0.15, 0.2) is 78.9 Å². The molecule has 0 radical (unpaired) electrons. The monoisotopic (exact) mass is 418 g/mol. The van der Waals surface area contributed by atoms with Gasteiger partial charge in [-0.1, -0.05) is 131 Å². The summed E-state index contributed by atoms with van der Waals surface area (Å²) in [7, 11) is 0. The van der Waals surface area contributed by atoms with E-state index in [9.17, 15) is 0 Å². The molecule has 0 fully saturated rings. The third-order valence-corrected chi connectivity index (χ3v) is 7.15. The van der Waals surface area contributed by atoms with Crippen molar-refractivity contribution in [2.45, 2.75) is 64.7 Å². The summed E-state index contributed by atoms with van der Waals surface area (Å²) in [6.07, 6.45) is 12.2. The zero-order valence-electron chi connectivity index (χ0n) is 19.4. The van der Waals surface area contributed by atoms with Crippen molar-refractivity contribution in [3.05, 3.63) is 84.4 Å². The minimum atomic E-state index is 1.18. The van der Waals surface area contributed by atoms with Gasteiger partial charge < -0.3 is 0 Å². The van der Waals surface area contributed by atoms with Crippen molar-refractivity contribution >= 4 is 43.1 Å². The second kappa shape index (κ2) is 9.74. The standard InChI is InChI=1S/C32H34/c1-2-3-4-5-6-7-8-9-14-25-15-12-16-26-19-21-30-29-20-18-24-13-10-11-17-27(24)28(29)22-23-31(30)32(25)26/h10-13,15-23H,2-9,14H2,1H3. The Hall–Kier alpha value is -2.86. The average molecular weight is 419 g/mol. The first-order valence-electron chi connectivity index (χ1n) is 12.6. The van der Waals surface area contributed by atoms with Gasteiger partial charge in [0.25, 0.3) is 0 Å². The van der Waals surface area contributed by atoms with Crippen molar-refractivity contribution in [2.75, 3.05) is 0 Å². The Morgan fingerprint density at radius 1 is 0.438 bits per heavy atom. The molecular weight excluding hydrogens is 384 g/mol. The minimum absolute atomic E-state index is 1.18. The minimum Gasteiger partial charge on any atom is -0.0654 e. The molecule has 0 unspecified atom stereocenters. The van der Waals surface area contributed by atoms with E-state index in [4.69, 9.17) is 0 Å². The summed E-state index contributed by atoms with van der Waals surface area (Å²) in [4.78, 5) is 0. The van der Waals surface area contributed by atoms with E-state index in [-0.39, 0.29) is 0 Å². The van der Waals surface area contributed by atoms with Crippen LogP contribution in [-0.2, 0) is 6.42 Å². The lowest BCUT2D eigenvalue weighted by Crippen LogP contribution is -1.90. The predicted molar refractivity (Wildman–Crippen MR) is 143 cm³/mol. The molecule has 0 amide bonds. The van der Waals surface area contributed by atoms with Crippen LogP contribution in [-0.4, -0.2) is 0 Å². The van der Waals surface area contributed by atoms with E-state index in [0.717, 1.165) is 0 Å². The number of benzene rings is 5. The van der Waals surface area contributed by atoms with Crippen molar-refractivity contribution in [3.63, 3.8) is 0 Å². The van der Waals surface area contributed by atoms with Crippen LogP contribution in [0.25, 0.3) is 43.1 Å². The predicted octanol–water partition coefficient (Wildman–Crippen LogP) is 9.98. The fourth-order valence-corrected chi connectivity index (χ4v) is 5.43. The molecule has 5 aromatic carbocycles. The van der Waals surface area contributed by atoms with Crippen LogP contribution in [0.1, 0.15) is 63.9 Å². The Kier molecular flexibility index (Phi) is 6.39. The van der Waals surface area contributed by atoms with Gasteiger partial charge in [0.15, 0.2) is 0 Å². The molecule has 162 valence electrons. The molecule has 0 aliphatic heterocycles. The summed E-state index contributed by atoms with van der Waals surface area (Å²) in [5.74, 6) is 0. The van der Waals surface area contributed by atoms with Crippen LogP contribution in [0.5, 0.6) is 0 Å². The maximum absolute atomic E-state index is 2.36. The quantitative estimate of drug-likeness (QED) is 0.165. The Morgan fingerprint density at radius 3 is 1.88 bits per heavy atom. The van der Waals surface area contributed by atoms with Crippen molar-refractivity contribution in [1.29, 1.82) is 0 Å². The van der Waals surface area contributed by atoms with Crippen LogP contribution in [0.4, 0.5) is 0 Å². The zero-order chi connectivity index (χ0) is 21.8. The molecule has 0 saturated heterocycles. The molecule has 0 nitrogen and oxygen atoms in total. The molecule has 0 aliphatic carbocycles. The summed E-state index contributed by atoms with van der Waals surface area (Å²) >= 11 is 0. The van der Waals surface area contributed by atoms with Gasteiger partial charge in [0, 0.05) is 0 Å². The largest absolute Gasteiger partial charge is 0.0654 e. The average Bonchev–Trinajstić information content (AvgIpc) is 2.85. The summed E-state index contributed by atoms with van der Waals surface area (Å²) in [6, 6.07) is 29.5. The van der Waals surface area contributed by atoms with E-state index >= 15 is 0 Å². The molecule has 0 bridgehead atoms. The third-order valence-electron chi connectivity index (χ3n) is 7.15. The molecule has 0 heteroatoms. The fourth-order valence-electron chi connectivity index (χ4n) is 5.43. The zero-order valence-corrected chi connectivity index (χ0v) is 19.4. The van der Waals surface area contributed by atoms with Crippen LogP contribution < -0.4 is 0 Å². The van der Waals surface area contributed by atoms with Crippen molar-refractivity contribution < 1.29 is 0 Å². The van der Waals surface area contributed by atoms with Crippen molar-refractivity contribution in [2.24, 2.45) is 0 Å². The molecule has 5 aromatic rings. The highest BCUT2D eigenvalue weighted by molar-refractivity contribution is 6.22. The summed E-state index contributed by atoms with van der Waals surface area (Å²) < 4.78 is 0. The number of hydrogen-bond donors (Lipinski definition) is 0. The van der Waals surface area contributed by atoms with Gasteiger partial charge in [0.2, 0.25) is 0 Å². The maximum atomic E-state index is 2.36. The highest BCUT2D eigenvalue weighted by atomic mass is 14.1. The van der Waals surface area contributed by atoms with E-state index < -0.39 is 0 Å². The van der Waals surface area contributed by atoms with Gasteiger partial charge in [-0.25, -0.2) is 0 Å². The third kappa shape index (κ3) is 4.11. The van der Waals surface area contributed by atoms with Gasteiger partial charge in [0.05, 0.1) is 0 Å². The van der Waals surface area contributed by atoms with E-state index in [0.29, 0.717) is 0 Å². The Morgan fingerprint density at radius 2 is 1.03 bits per heavy atom. The second-order valence-electron chi connectivity index (χ2n) is 9.35. The molecule has 0 aromatic heterocycles. The SMILES string of the molecule is CCCCCCCCCCc1cccc2ccc3c4ccc5ccccc5c4ccc3c12. The highest BCUT2D eigenvalue weighted by Crippen LogP contribution is 2.36. The molecule has 0 atom stereocenters. The van der Waals surface area contributed by atoms with Crippen LogP contribution in [0.3, 0.4) is 0 Å². The topological polar surface area (TPSA) is 0 Å². The molecule has 0 N–H and O–H groups in total. The van der Waals surface area contributed by atoms with Gasteiger partial charge >= 0.3 is 0 Å². The first kappa shape index (κ1) is 21.0. The van der Waals surface area contributed by atoms with Crippen LogP contribution >= 0.6 is 0 Å². The number of unbranched alkanes of at least 4 members (excludes halogenated alkanes) is 7. The van der Waals surface area contributed by atoms with Crippen molar-refractivity contribution in [3.8, 4) is 0 Å². The van der Waals surface area contributed by atoms with Gasteiger partial charge in [-0.15, -0.1) is 0 Å². The summed E-state index contributed by atoms with van der Waals surface area (Å²) in [5.41, 5.74) is 1.51. The second-order valence-corrected chi connectivity index (χ2v) is 9.35. The van der Waals surface area contributed by atoms with Crippen LogP contribution in [0.2, 0.25) is 0 Å². The highest BCUT2D eigenvalue weighted by Gasteiger charge is 2.10. The Labute approximate surface area is 192 Å². The summed E-state index contributed by atoms with van der Waals surface area (Å²) in [5, 5.41) is 11.0. The number of hydrogen-bond acceptors (Lipinski definition) is 0. The van der Waals surface area contributed by atoms with Gasteiger partial charge in [0.1, 0.15) is 0 Å². The first-order chi connectivity index (χ1) is 15.9. The Bertz CT molecular complexity index is 1360. The number of aryl methyl sites for hydroxylation is 1. The Balaban J connectivity index is 1.46. The van der Waals surface area contributed by atoms with E-state index in [1.54, 1.807) is 0 Å². The lowest BCUT2D eigenvalue weighted by Gasteiger charge is -2.13. The lowest BCUT2D eigenvalue weighted by molar-refractivity contribution is 0.576. The van der Waals surface area contributed by atoms with Gasteiger partial charge in [-0.3, -0.25) is 0 Å². The molecule has 0 spiro atoms. The van der Waals surface area contributed by atoms with Crippen molar-refractivity contribution in [1.82, 2.24) is 0 Å². The van der Waals surface area contributed by atoms with Gasteiger partial charge in [-0.2, -0.15) is 0 Å². The normalized spacial score (nSPS) is 11.8. The van der Waals surface area contributed by atoms with E-state index in [2.05, 4.69) is 85.8 Å². The fraction of sp³-hybridized carbons (Fsp3) is 0.312. The number of rotatable bonds is 9. The molecular formula is C32H34. The van der Waals surface area contributed by atoms with E-state index in [1.807, 2.05) is 0 Å². The first-order valence-corrected chi connectivity index (χ1v) is 12.6. The lowest BCUT2D eigenvalue weighted by atomic mass is 9.91. The molecule has 5 rings (SSSR count). The maximum Gasteiger partial charge on any atom is -0.00731 e. The van der Waals surface area contributed by atoms with E-state index in [1.165, 1.54) is 106 Å². The molecule has 32 heavy (non-hydrogen) atoms. The molecule has 0 heterocycles. The molecule has 0 saturated carbocycles. The van der Waals surface area contributed by atoms with Gasteiger partial charge in [-0.05, 0) is 61.5 Å².